The van der Waals surface area contributed by atoms with Gasteiger partial charge in [-0.1, -0.05) is 42.5 Å². The molecule has 2 aromatic carbocycles. The largest absolute Gasteiger partial charge is 0.497 e. The van der Waals surface area contributed by atoms with Gasteiger partial charge in [0, 0.05) is 25.2 Å². The van der Waals surface area contributed by atoms with Crippen LogP contribution < -0.4 is 10.1 Å². The fraction of sp³-hybridized carbons (Fsp3) is 0.320. The first kappa shape index (κ1) is 21.6. The maximum atomic E-state index is 13.0. The number of aryl methyl sites for hydroxylation is 1. The van der Waals surface area contributed by atoms with Gasteiger partial charge < -0.3 is 15.0 Å². The number of nitrogens with zero attached hydrogens (tertiary/aromatic N) is 3. The van der Waals surface area contributed by atoms with E-state index in [2.05, 4.69) is 22.5 Å². The molecular weight excluding hydrogens is 404 g/mol. The summed E-state index contributed by atoms with van der Waals surface area (Å²) in [7, 11) is 1.63. The van der Waals surface area contributed by atoms with Crippen LogP contribution in [-0.2, 0) is 19.5 Å². The average Bonchev–Trinajstić information content (AvgIpc) is 3.26. The number of aromatic nitrogens is 2. The number of ether oxygens (including phenoxy) is 1. The molecule has 1 N–H and O–H groups in total. The quantitative estimate of drug-likeness (QED) is 0.593. The van der Waals surface area contributed by atoms with Crippen molar-refractivity contribution in [2.24, 2.45) is 0 Å². The molecule has 1 atom stereocenters. The van der Waals surface area contributed by atoms with Crippen LogP contribution in [0, 0.1) is 0 Å². The minimum absolute atomic E-state index is 0.00343. The Morgan fingerprint density at radius 1 is 1.09 bits per heavy atom. The van der Waals surface area contributed by atoms with E-state index in [0.717, 1.165) is 24.2 Å². The number of carbonyl (C=O) groups is 2. The van der Waals surface area contributed by atoms with E-state index in [1.807, 2.05) is 49.4 Å². The van der Waals surface area contributed by atoms with E-state index in [4.69, 9.17) is 4.74 Å². The van der Waals surface area contributed by atoms with Gasteiger partial charge in [-0.15, -0.1) is 0 Å². The van der Waals surface area contributed by atoms with Gasteiger partial charge in [-0.25, -0.2) is 0 Å². The van der Waals surface area contributed by atoms with Gasteiger partial charge in [0.15, 0.2) is 5.69 Å². The minimum Gasteiger partial charge on any atom is -0.497 e. The summed E-state index contributed by atoms with van der Waals surface area (Å²) >= 11 is 0. The third-order valence-corrected chi connectivity index (χ3v) is 5.72. The third-order valence-electron chi connectivity index (χ3n) is 5.72. The Balaban J connectivity index is 1.36. The van der Waals surface area contributed by atoms with Crippen molar-refractivity contribution in [3.63, 3.8) is 0 Å². The van der Waals surface area contributed by atoms with Crippen molar-refractivity contribution in [3.05, 3.63) is 83.2 Å². The van der Waals surface area contributed by atoms with Crippen LogP contribution >= 0.6 is 0 Å². The maximum Gasteiger partial charge on any atom is 0.272 e. The summed E-state index contributed by atoms with van der Waals surface area (Å²) in [6.45, 7) is 3.60. The van der Waals surface area contributed by atoms with Crippen LogP contribution in [0.2, 0.25) is 0 Å². The van der Waals surface area contributed by atoms with Crippen LogP contribution in [0.15, 0.2) is 60.7 Å². The molecule has 0 fully saturated rings. The molecule has 166 valence electrons. The lowest BCUT2D eigenvalue weighted by Crippen LogP contribution is -2.39. The molecule has 7 nitrogen and oxygen atoms in total. The summed E-state index contributed by atoms with van der Waals surface area (Å²) < 4.78 is 6.82. The third kappa shape index (κ3) is 4.99. The Labute approximate surface area is 188 Å². The molecule has 32 heavy (non-hydrogen) atoms. The van der Waals surface area contributed by atoms with E-state index in [-0.39, 0.29) is 23.6 Å². The standard InChI is InChI=1S/C25H28N4O3/c1-18(8-9-19-6-4-3-5-7-19)26-24(30)22-16-23-25(31)28(14-15-29(23)27-22)17-20-10-12-21(32-2)13-11-20/h3-7,10-13,16,18H,8-9,14-15,17H2,1-2H3,(H,26,30)/t18-/m1/s1. The van der Waals surface area contributed by atoms with Gasteiger partial charge in [-0.2, -0.15) is 5.10 Å². The lowest BCUT2D eigenvalue weighted by molar-refractivity contribution is 0.0683. The molecule has 0 aliphatic carbocycles. The lowest BCUT2D eigenvalue weighted by Gasteiger charge is -2.27. The highest BCUT2D eigenvalue weighted by Gasteiger charge is 2.28. The zero-order valence-corrected chi connectivity index (χ0v) is 18.5. The number of hydrogen-bond acceptors (Lipinski definition) is 4. The van der Waals surface area contributed by atoms with Crippen molar-refractivity contribution in [2.75, 3.05) is 13.7 Å². The summed E-state index contributed by atoms with van der Waals surface area (Å²) in [5, 5.41) is 7.38. The predicted molar refractivity (Wildman–Crippen MR) is 122 cm³/mol. The van der Waals surface area contributed by atoms with E-state index in [9.17, 15) is 9.59 Å². The molecule has 4 rings (SSSR count). The van der Waals surface area contributed by atoms with Gasteiger partial charge in [0.25, 0.3) is 11.8 Å². The Morgan fingerprint density at radius 2 is 1.84 bits per heavy atom. The number of amides is 2. The van der Waals surface area contributed by atoms with Crippen LogP contribution in [0.5, 0.6) is 5.75 Å². The molecule has 0 spiro atoms. The number of benzene rings is 2. The van der Waals surface area contributed by atoms with E-state index in [1.165, 1.54) is 5.56 Å². The van der Waals surface area contributed by atoms with Gasteiger partial charge in [-0.05, 0) is 43.0 Å². The molecule has 3 aromatic rings. The summed E-state index contributed by atoms with van der Waals surface area (Å²) in [6, 6.07) is 19.5. The van der Waals surface area contributed by atoms with Crippen molar-refractivity contribution < 1.29 is 14.3 Å². The zero-order valence-electron chi connectivity index (χ0n) is 18.5. The van der Waals surface area contributed by atoms with Crippen molar-refractivity contribution in [1.29, 1.82) is 0 Å². The molecule has 0 saturated heterocycles. The molecular formula is C25H28N4O3. The monoisotopic (exact) mass is 432 g/mol. The molecule has 1 aromatic heterocycles. The molecule has 0 saturated carbocycles. The highest BCUT2D eigenvalue weighted by Crippen LogP contribution is 2.18. The Bertz CT molecular complexity index is 1080. The molecule has 2 heterocycles. The normalized spacial score (nSPS) is 14.1. The first-order valence-electron chi connectivity index (χ1n) is 10.9. The van der Waals surface area contributed by atoms with Crippen LogP contribution in [0.3, 0.4) is 0 Å². The number of nitrogens with one attached hydrogen (secondary N) is 1. The van der Waals surface area contributed by atoms with Gasteiger partial charge in [0.2, 0.25) is 0 Å². The topological polar surface area (TPSA) is 76.5 Å². The average molecular weight is 433 g/mol. The molecule has 1 aliphatic rings. The minimum atomic E-state index is -0.248. The molecule has 0 bridgehead atoms. The second-order valence-corrected chi connectivity index (χ2v) is 8.11. The molecule has 2 amide bonds. The maximum absolute atomic E-state index is 13.0. The summed E-state index contributed by atoms with van der Waals surface area (Å²) in [4.78, 5) is 27.5. The van der Waals surface area contributed by atoms with E-state index >= 15 is 0 Å². The number of rotatable bonds is 8. The second-order valence-electron chi connectivity index (χ2n) is 8.11. The predicted octanol–water partition coefficient (Wildman–Crippen LogP) is 3.30. The number of hydrogen-bond donors (Lipinski definition) is 1. The van der Waals surface area contributed by atoms with Crippen molar-refractivity contribution >= 4 is 11.8 Å². The second kappa shape index (κ2) is 9.68. The summed E-state index contributed by atoms with van der Waals surface area (Å²) in [5.74, 6) is 0.420. The van der Waals surface area contributed by atoms with Crippen molar-refractivity contribution in [2.45, 2.75) is 38.9 Å². The number of fused-ring (bicyclic) bond motifs is 1. The van der Waals surface area contributed by atoms with Gasteiger partial charge >= 0.3 is 0 Å². The van der Waals surface area contributed by atoms with E-state index in [0.29, 0.717) is 25.3 Å². The van der Waals surface area contributed by atoms with Crippen LogP contribution in [-0.4, -0.2) is 46.2 Å². The first-order valence-corrected chi connectivity index (χ1v) is 10.9. The van der Waals surface area contributed by atoms with Crippen molar-refractivity contribution in [3.8, 4) is 5.75 Å². The fourth-order valence-electron chi connectivity index (χ4n) is 3.85. The van der Waals surface area contributed by atoms with Crippen molar-refractivity contribution in [1.82, 2.24) is 20.0 Å². The van der Waals surface area contributed by atoms with Crippen LogP contribution in [0.25, 0.3) is 0 Å². The Hall–Kier alpha value is -3.61. The Morgan fingerprint density at radius 3 is 2.56 bits per heavy atom. The SMILES string of the molecule is COc1ccc(CN2CCn3nc(C(=O)N[C@H](C)CCc4ccccc4)cc3C2=O)cc1. The van der Waals surface area contributed by atoms with E-state index in [1.54, 1.807) is 22.8 Å². The lowest BCUT2D eigenvalue weighted by atomic mass is 10.1. The molecule has 1 aliphatic heterocycles. The fourth-order valence-corrected chi connectivity index (χ4v) is 3.85. The number of methoxy groups -OCH3 is 1. The highest BCUT2D eigenvalue weighted by molar-refractivity contribution is 5.98. The van der Waals surface area contributed by atoms with Gasteiger partial charge in [0.05, 0.1) is 13.7 Å². The zero-order chi connectivity index (χ0) is 22.5. The van der Waals surface area contributed by atoms with Gasteiger partial charge in [-0.3, -0.25) is 14.3 Å². The number of carbonyl (C=O) groups excluding carboxylic acids is 2. The molecule has 0 radical (unpaired) electrons. The van der Waals surface area contributed by atoms with E-state index < -0.39 is 0 Å². The smallest absolute Gasteiger partial charge is 0.272 e. The van der Waals surface area contributed by atoms with Gasteiger partial charge in [0.1, 0.15) is 11.4 Å². The molecule has 7 heteroatoms. The Kier molecular flexibility index (Phi) is 6.54. The van der Waals surface area contributed by atoms with Crippen LogP contribution in [0.1, 0.15) is 45.4 Å². The summed E-state index contributed by atoms with van der Waals surface area (Å²) in [5.41, 5.74) is 3.00. The van der Waals surface area contributed by atoms with Crippen LogP contribution in [0.4, 0.5) is 0 Å². The first-order chi connectivity index (χ1) is 15.5. The molecule has 0 unspecified atom stereocenters. The highest BCUT2D eigenvalue weighted by atomic mass is 16.5. The summed E-state index contributed by atoms with van der Waals surface area (Å²) in [6.07, 6.45) is 1.72.